The van der Waals surface area contributed by atoms with Gasteiger partial charge in [-0.25, -0.2) is 0 Å². The average Bonchev–Trinajstić information content (AvgIpc) is 2.71. The van der Waals surface area contributed by atoms with Crippen LogP contribution in [0, 0.1) is 11.3 Å². The molecule has 1 unspecified atom stereocenters. The summed E-state index contributed by atoms with van der Waals surface area (Å²) in [6, 6.07) is 17.3. The van der Waals surface area contributed by atoms with Crippen molar-refractivity contribution in [2.24, 2.45) is 11.3 Å². The van der Waals surface area contributed by atoms with E-state index >= 15 is 0 Å². The predicted molar refractivity (Wildman–Crippen MR) is 117 cm³/mol. The lowest BCUT2D eigenvalue weighted by Gasteiger charge is -2.35. The van der Waals surface area contributed by atoms with Crippen molar-refractivity contribution in [1.29, 1.82) is 0 Å². The Morgan fingerprint density at radius 3 is 2.21 bits per heavy atom. The highest BCUT2D eigenvalue weighted by atomic mass is 35.5. The second-order valence-electron chi connectivity index (χ2n) is 8.72. The van der Waals surface area contributed by atoms with Crippen LogP contribution in [0.4, 0.5) is 0 Å². The molecule has 2 aromatic rings. The summed E-state index contributed by atoms with van der Waals surface area (Å²) < 4.78 is 0. The molecular formula is C24H29ClN2O2. The lowest BCUT2D eigenvalue weighted by Crippen LogP contribution is -2.47. The Bertz CT molecular complexity index is 853. The first-order valence-corrected chi connectivity index (χ1v) is 10.5. The van der Waals surface area contributed by atoms with Crippen LogP contribution in [0.5, 0.6) is 0 Å². The van der Waals surface area contributed by atoms with Gasteiger partial charge in [-0.2, -0.15) is 0 Å². The highest BCUT2D eigenvalue weighted by molar-refractivity contribution is 6.30. The van der Waals surface area contributed by atoms with Crippen LogP contribution in [-0.4, -0.2) is 29.8 Å². The molecule has 1 fully saturated rings. The van der Waals surface area contributed by atoms with Crippen molar-refractivity contribution >= 4 is 23.4 Å². The number of rotatable bonds is 4. The van der Waals surface area contributed by atoms with Gasteiger partial charge < -0.3 is 10.2 Å². The molecule has 3 rings (SSSR count). The fraction of sp³-hybridized carbons (Fsp3) is 0.417. The van der Waals surface area contributed by atoms with Crippen LogP contribution < -0.4 is 5.32 Å². The van der Waals surface area contributed by atoms with Gasteiger partial charge >= 0.3 is 0 Å². The average molecular weight is 413 g/mol. The van der Waals surface area contributed by atoms with Gasteiger partial charge in [-0.3, -0.25) is 9.59 Å². The molecule has 154 valence electrons. The molecule has 1 atom stereocenters. The number of carbonyl (C=O) groups excluding carboxylic acids is 2. The van der Waals surface area contributed by atoms with Crippen LogP contribution >= 0.6 is 11.6 Å². The molecule has 1 N–H and O–H groups in total. The summed E-state index contributed by atoms with van der Waals surface area (Å²) in [4.78, 5) is 27.4. The van der Waals surface area contributed by atoms with E-state index in [4.69, 9.17) is 11.6 Å². The maximum atomic E-state index is 13.1. The van der Waals surface area contributed by atoms with Crippen LogP contribution in [0.25, 0.3) is 0 Å². The van der Waals surface area contributed by atoms with Gasteiger partial charge in [-0.1, -0.05) is 74.8 Å². The Hall–Kier alpha value is -2.33. The minimum Gasteiger partial charge on any atom is -0.345 e. The maximum Gasteiger partial charge on any atom is 0.227 e. The first-order chi connectivity index (χ1) is 13.8. The molecule has 1 heterocycles. The standard InChI is InChI=1S/C24H29ClN2O2/c1-24(2,3)23(29)27-14-12-18(13-15-27)22(28)26-21(17-8-5-4-6-9-17)19-10-7-11-20(25)16-19/h4-11,16,18,21H,12-15H2,1-3H3,(H,26,28). The maximum absolute atomic E-state index is 13.1. The molecule has 1 saturated heterocycles. The molecule has 0 aromatic heterocycles. The molecule has 1 aliphatic heterocycles. The fourth-order valence-corrected chi connectivity index (χ4v) is 3.97. The van der Waals surface area contributed by atoms with E-state index in [1.807, 2.05) is 80.3 Å². The number of nitrogens with one attached hydrogen (secondary N) is 1. The molecule has 0 spiro atoms. The smallest absolute Gasteiger partial charge is 0.227 e. The SMILES string of the molecule is CC(C)(C)C(=O)N1CCC(C(=O)NC(c2ccccc2)c2cccc(Cl)c2)CC1. The van der Waals surface area contributed by atoms with Gasteiger partial charge in [0.15, 0.2) is 0 Å². The number of amides is 2. The molecule has 0 aliphatic carbocycles. The number of hydrogen-bond acceptors (Lipinski definition) is 2. The number of hydrogen-bond donors (Lipinski definition) is 1. The van der Waals surface area contributed by atoms with E-state index in [2.05, 4.69) is 5.32 Å². The largest absolute Gasteiger partial charge is 0.345 e. The first kappa shape index (κ1) is 21.4. The molecule has 29 heavy (non-hydrogen) atoms. The van der Waals surface area contributed by atoms with Crippen LogP contribution in [0.1, 0.15) is 50.8 Å². The zero-order valence-corrected chi connectivity index (χ0v) is 18.1. The number of benzene rings is 2. The minimum atomic E-state index is -0.389. The lowest BCUT2D eigenvalue weighted by molar-refractivity contribution is -0.142. The molecule has 0 saturated carbocycles. The van der Waals surface area contributed by atoms with Crippen LogP contribution in [-0.2, 0) is 9.59 Å². The topological polar surface area (TPSA) is 49.4 Å². The van der Waals surface area contributed by atoms with E-state index in [1.165, 1.54) is 0 Å². The molecular weight excluding hydrogens is 384 g/mol. The molecule has 5 heteroatoms. The Labute approximate surface area is 178 Å². The van der Waals surface area contributed by atoms with Gasteiger partial charge in [0.1, 0.15) is 0 Å². The van der Waals surface area contributed by atoms with Crippen molar-refractivity contribution in [3.63, 3.8) is 0 Å². The van der Waals surface area contributed by atoms with Gasteiger partial charge in [0, 0.05) is 29.4 Å². The van der Waals surface area contributed by atoms with E-state index < -0.39 is 0 Å². The second kappa shape index (κ2) is 9.00. The van der Waals surface area contributed by atoms with E-state index in [1.54, 1.807) is 0 Å². The van der Waals surface area contributed by atoms with Crippen molar-refractivity contribution < 1.29 is 9.59 Å². The Kier molecular flexibility index (Phi) is 6.63. The lowest BCUT2D eigenvalue weighted by atomic mass is 9.90. The van der Waals surface area contributed by atoms with Crippen LogP contribution in [0.3, 0.4) is 0 Å². The number of piperidine rings is 1. The Morgan fingerprint density at radius 2 is 1.62 bits per heavy atom. The summed E-state index contributed by atoms with van der Waals surface area (Å²) in [6.45, 7) is 7.06. The molecule has 4 nitrogen and oxygen atoms in total. The first-order valence-electron chi connectivity index (χ1n) is 10.2. The zero-order valence-electron chi connectivity index (χ0n) is 17.3. The van der Waals surface area contributed by atoms with Crippen LogP contribution in [0.2, 0.25) is 5.02 Å². The van der Waals surface area contributed by atoms with Crippen molar-refractivity contribution in [3.05, 3.63) is 70.7 Å². The molecule has 2 amide bonds. The van der Waals surface area contributed by atoms with Crippen molar-refractivity contribution in [3.8, 4) is 0 Å². The quantitative estimate of drug-likeness (QED) is 0.781. The summed E-state index contributed by atoms with van der Waals surface area (Å²) in [5.74, 6) is 0.0866. The van der Waals surface area contributed by atoms with E-state index in [9.17, 15) is 9.59 Å². The van der Waals surface area contributed by atoms with Crippen molar-refractivity contribution in [2.75, 3.05) is 13.1 Å². The third-order valence-electron chi connectivity index (χ3n) is 5.40. The Morgan fingerprint density at radius 1 is 1.00 bits per heavy atom. The third kappa shape index (κ3) is 5.39. The van der Waals surface area contributed by atoms with E-state index in [0.29, 0.717) is 31.0 Å². The number of nitrogens with zero attached hydrogens (tertiary/aromatic N) is 1. The van der Waals surface area contributed by atoms with Crippen LogP contribution in [0.15, 0.2) is 54.6 Å². The van der Waals surface area contributed by atoms with E-state index in [0.717, 1.165) is 11.1 Å². The van der Waals surface area contributed by atoms with Gasteiger partial charge in [0.2, 0.25) is 11.8 Å². The second-order valence-corrected chi connectivity index (χ2v) is 9.16. The van der Waals surface area contributed by atoms with Gasteiger partial charge in [-0.05, 0) is 36.1 Å². The summed E-state index contributed by atoms with van der Waals surface area (Å²) in [7, 11) is 0. The molecule has 2 aromatic carbocycles. The summed E-state index contributed by atoms with van der Waals surface area (Å²) in [6.07, 6.45) is 1.37. The summed E-state index contributed by atoms with van der Waals surface area (Å²) in [5.41, 5.74) is 1.58. The van der Waals surface area contributed by atoms with Gasteiger partial charge in [-0.15, -0.1) is 0 Å². The summed E-state index contributed by atoms with van der Waals surface area (Å²) in [5, 5.41) is 3.86. The summed E-state index contributed by atoms with van der Waals surface area (Å²) >= 11 is 6.19. The highest BCUT2D eigenvalue weighted by Crippen LogP contribution is 2.27. The molecule has 1 aliphatic rings. The number of halogens is 1. The van der Waals surface area contributed by atoms with Gasteiger partial charge in [0.05, 0.1) is 6.04 Å². The van der Waals surface area contributed by atoms with Crippen molar-refractivity contribution in [1.82, 2.24) is 10.2 Å². The number of carbonyl (C=O) groups is 2. The number of likely N-dealkylation sites (tertiary alicyclic amines) is 1. The normalized spacial score (nSPS) is 16.3. The highest BCUT2D eigenvalue weighted by Gasteiger charge is 2.33. The van der Waals surface area contributed by atoms with E-state index in [-0.39, 0.29) is 29.2 Å². The monoisotopic (exact) mass is 412 g/mol. The fourth-order valence-electron chi connectivity index (χ4n) is 3.77. The predicted octanol–water partition coefficient (Wildman–Crippen LogP) is 4.83. The zero-order chi connectivity index (χ0) is 21.0. The molecule has 0 bridgehead atoms. The molecule has 0 radical (unpaired) electrons. The minimum absolute atomic E-state index is 0.0293. The van der Waals surface area contributed by atoms with Gasteiger partial charge in [0.25, 0.3) is 0 Å². The van der Waals surface area contributed by atoms with Crippen molar-refractivity contribution in [2.45, 2.75) is 39.7 Å². The Balaban J connectivity index is 1.71. The third-order valence-corrected chi connectivity index (χ3v) is 5.63.